The first-order valence-corrected chi connectivity index (χ1v) is 11.7. The Bertz CT molecular complexity index is 933. The Labute approximate surface area is 201 Å². The van der Waals surface area contributed by atoms with Gasteiger partial charge in [-0.15, -0.1) is 0 Å². The number of nitrogens with zero attached hydrogens (tertiary/aromatic N) is 1. The number of benzene rings is 2. The highest BCUT2D eigenvalue weighted by atomic mass is 35.5. The van der Waals surface area contributed by atoms with Gasteiger partial charge in [-0.2, -0.15) is 0 Å². The molecule has 0 aliphatic rings. The van der Waals surface area contributed by atoms with E-state index in [1.54, 1.807) is 23.1 Å². The summed E-state index contributed by atoms with van der Waals surface area (Å²) in [6.07, 6.45) is 2.33. The van der Waals surface area contributed by atoms with Gasteiger partial charge in [0.25, 0.3) is 5.91 Å². The molecule has 2 aromatic rings. The van der Waals surface area contributed by atoms with Crippen LogP contribution in [0, 0.1) is 13.8 Å². The predicted octanol–water partition coefficient (Wildman–Crippen LogP) is 5.71. The van der Waals surface area contributed by atoms with Crippen molar-refractivity contribution in [2.45, 2.75) is 59.5 Å². The third-order valence-corrected chi connectivity index (χ3v) is 6.06. The number of carbonyl (C=O) groups is 2. The van der Waals surface area contributed by atoms with Crippen molar-refractivity contribution in [1.29, 1.82) is 0 Å². The highest BCUT2D eigenvalue weighted by Crippen LogP contribution is 2.24. The summed E-state index contributed by atoms with van der Waals surface area (Å²) < 4.78 is 5.84. The SMILES string of the molecule is CCCCNC(=O)C(CC)N(Cc1ccc(Cl)cc1Cl)C(=O)COc1cccc(C)c1C. The second-order valence-electron chi connectivity index (χ2n) is 7.81. The Balaban J connectivity index is 2.25. The number of ether oxygens (including phenoxy) is 1. The van der Waals surface area contributed by atoms with E-state index in [4.69, 9.17) is 27.9 Å². The van der Waals surface area contributed by atoms with E-state index in [1.807, 2.05) is 39.0 Å². The lowest BCUT2D eigenvalue weighted by molar-refractivity contribution is -0.143. The fourth-order valence-electron chi connectivity index (χ4n) is 3.36. The van der Waals surface area contributed by atoms with Crippen LogP contribution in [0.3, 0.4) is 0 Å². The fourth-order valence-corrected chi connectivity index (χ4v) is 3.83. The van der Waals surface area contributed by atoms with E-state index >= 15 is 0 Å². The number of halogens is 2. The first-order chi connectivity index (χ1) is 15.3. The lowest BCUT2D eigenvalue weighted by Gasteiger charge is -2.31. The second kappa shape index (κ2) is 12.7. The maximum atomic E-state index is 13.3. The van der Waals surface area contributed by atoms with E-state index in [-0.39, 0.29) is 25.0 Å². The zero-order valence-electron chi connectivity index (χ0n) is 19.2. The van der Waals surface area contributed by atoms with E-state index in [0.717, 1.165) is 29.5 Å². The molecule has 0 saturated heterocycles. The molecule has 1 N–H and O–H groups in total. The lowest BCUT2D eigenvalue weighted by Crippen LogP contribution is -2.50. The number of unbranched alkanes of at least 4 members (excludes halogenated alkanes) is 1. The minimum absolute atomic E-state index is 0.172. The van der Waals surface area contributed by atoms with E-state index in [2.05, 4.69) is 12.2 Å². The van der Waals surface area contributed by atoms with Crippen molar-refractivity contribution in [3.8, 4) is 5.75 Å². The van der Waals surface area contributed by atoms with Crippen molar-refractivity contribution in [3.63, 3.8) is 0 Å². The summed E-state index contributed by atoms with van der Waals surface area (Å²) in [5.41, 5.74) is 2.79. The summed E-state index contributed by atoms with van der Waals surface area (Å²) in [4.78, 5) is 27.7. The van der Waals surface area contributed by atoms with E-state index in [1.165, 1.54) is 0 Å². The zero-order chi connectivity index (χ0) is 23.7. The van der Waals surface area contributed by atoms with Crippen LogP contribution in [-0.2, 0) is 16.1 Å². The van der Waals surface area contributed by atoms with Crippen LogP contribution in [0.15, 0.2) is 36.4 Å². The van der Waals surface area contributed by atoms with Gasteiger partial charge in [-0.3, -0.25) is 9.59 Å². The van der Waals surface area contributed by atoms with E-state index < -0.39 is 6.04 Å². The van der Waals surface area contributed by atoms with Gasteiger partial charge in [-0.25, -0.2) is 0 Å². The van der Waals surface area contributed by atoms with E-state index in [0.29, 0.717) is 28.8 Å². The zero-order valence-corrected chi connectivity index (χ0v) is 20.7. The molecule has 0 bridgehead atoms. The summed E-state index contributed by atoms with van der Waals surface area (Å²) in [5.74, 6) is 0.198. The molecule has 0 radical (unpaired) electrons. The van der Waals surface area contributed by atoms with Crippen LogP contribution < -0.4 is 10.1 Å². The largest absolute Gasteiger partial charge is 0.483 e. The van der Waals surface area contributed by atoms with Gasteiger partial charge in [-0.05, 0) is 61.6 Å². The second-order valence-corrected chi connectivity index (χ2v) is 8.66. The maximum absolute atomic E-state index is 13.3. The molecule has 0 aliphatic heterocycles. The van der Waals surface area contributed by atoms with Crippen LogP contribution in [0.5, 0.6) is 5.75 Å². The van der Waals surface area contributed by atoms with Crippen LogP contribution in [0.2, 0.25) is 10.0 Å². The molecule has 2 aromatic carbocycles. The molecule has 2 rings (SSSR count). The van der Waals surface area contributed by atoms with Gasteiger partial charge < -0.3 is 15.0 Å². The number of hydrogen-bond acceptors (Lipinski definition) is 3. The van der Waals surface area contributed by atoms with Crippen LogP contribution in [0.4, 0.5) is 0 Å². The number of rotatable bonds is 11. The van der Waals surface area contributed by atoms with Gasteiger partial charge in [-0.1, -0.05) is 61.7 Å². The number of nitrogens with one attached hydrogen (secondary N) is 1. The molecule has 1 unspecified atom stereocenters. The molecule has 0 spiro atoms. The van der Waals surface area contributed by atoms with Crippen LogP contribution in [0.1, 0.15) is 49.8 Å². The average Bonchev–Trinajstić information content (AvgIpc) is 2.76. The Kier molecular flexibility index (Phi) is 10.3. The molecule has 5 nitrogen and oxygen atoms in total. The van der Waals surface area contributed by atoms with Gasteiger partial charge in [0.2, 0.25) is 5.91 Å². The highest BCUT2D eigenvalue weighted by molar-refractivity contribution is 6.35. The minimum atomic E-state index is -0.631. The lowest BCUT2D eigenvalue weighted by atomic mass is 10.1. The molecule has 2 amide bonds. The number of amides is 2. The monoisotopic (exact) mass is 478 g/mol. The van der Waals surface area contributed by atoms with Gasteiger partial charge >= 0.3 is 0 Å². The van der Waals surface area contributed by atoms with Crippen LogP contribution in [0.25, 0.3) is 0 Å². The van der Waals surface area contributed by atoms with Gasteiger partial charge in [0, 0.05) is 23.1 Å². The molecule has 32 heavy (non-hydrogen) atoms. The number of carbonyl (C=O) groups excluding carboxylic acids is 2. The van der Waals surface area contributed by atoms with Gasteiger partial charge in [0.15, 0.2) is 6.61 Å². The smallest absolute Gasteiger partial charge is 0.261 e. The standard InChI is InChI=1S/C25H32Cl2N2O3/c1-5-7-13-28-25(31)22(6-2)29(15-19-11-12-20(26)14-21(19)27)24(30)16-32-23-10-8-9-17(3)18(23)4/h8-12,14,22H,5-7,13,15-16H2,1-4H3,(H,28,31). The topological polar surface area (TPSA) is 58.6 Å². The predicted molar refractivity (Wildman–Crippen MR) is 130 cm³/mol. The summed E-state index contributed by atoms with van der Waals surface area (Å²) in [5, 5.41) is 3.91. The summed E-state index contributed by atoms with van der Waals surface area (Å²) in [6.45, 7) is 8.49. The van der Waals surface area contributed by atoms with Gasteiger partial charge in [0.05, 0.1) is 0 Å². The molecule has 0 saturated carbocycles. The van der Waals surface area contributed by atoms with Crippen LogP contribution in [-0.4, -0.2) is 35.9 Å². The molecular formula is C25H32Cl2N2O3. The highest BCUT2D eigenvalue weighted by Gasteiger charge is 2.29. The summed E-state index contributed by atoms with van der Waals surface area (Å²) in [6, 6.07) is 10.2. The maximum Gasteiger partial charge on any atom is 0.261 e. The molecule has 1 atom stereocenters. The van der Waals surface area contributed by atoms with Crippen molar-refractivity contribution < 1.29 is 14.3 Å². The summed E-state index contributed by atoms with van der Waals surface area (Å²) in [7, 11) is 0. The third-order valence-electron chi connectivity index (χ3n) is 5.48. The molecule has 0 aromatic heterocycles. The normalized spacial score (nSPS) is 11.7. The van der Waals surface area contributed by atoms with Crippen LogP contribution >= 0.6 is 23.2 Å². The van der Waals surface area contributed by atoms with Crippen molar-refractivity contribution in [1.82, 2.24) is 10.2 Å². The quantitative estimate of drug-likeness (QED) is 0.420. The Morgan fingerprint density at radius 3 is 2.53 bits per heavy atom. The fraction of sp³-hybridized carbons (Fsp3) is 0.440. The molecule has 174 valence electrons. The third kappa shape index (κ3) is 7.14. The van der Waals surface area contributed by atoms with E-state index in [9.17, 15) is 9.59 Å². The molecule has 0 fully saturated rings. The number of aryl methyl sites for hydroxylation is 1. The molecule has 0 heterocycles. The van der Waals surface area contributed by atoms with Crippen molar-refractivity contribution >= 4 is 35.0 Å². The Hall–Kier alpha value is -2.24. The molecule has 0 aliphatic carbocycles. The van der Waals surface area contributed by atoms with Crippen molar-refractivity contribution in [2.24, 2.45) is 0 Å². The first kappa shape index (κ1) is 26.0. The van der Waals surface area contributed by atoms with Crippen molar-refractivity contribution in [3.05, 3.63) is 63.1 Å². The number of hydrogen-bond donors (Lipinski definition) is 1. The minimum Gasteiger partial charge on any atom is -0.483 e. The average molecular weight is 479 g/mol. The van der Waals surface area contributed by atoms with Gasteiger partial charge in [0.1, 0.15) is 11.8 Å². The molecule has 7 heteroatoms. The summed E-state index contributed by atoms with van der Waals surface area (Å²) >= 11 is 12.4. The van der Waals surface area contributed by atoms with Crippen molar-refractivity contribution in [2.75, 3.05) is 13.2 Å². The Morgan fingerprint density at radius 2 is 1.88 bits per heavy atom. The molecular weight excluding hydrogens is 447 g/mol. The Morgan fingerprint density at radius 1 is 1.12 bits per heavy atom. The first-order valence-electron chi connectivity index (χ1n) is 11.0.